The second kappa shape index (κ2) is 6.01. The predicted octanol–water partition coefficient (Wildman–Crippen LogP) is 4.21. The topological polar surface area (TPSA) is 59.2 Å². The highest BCUT2D eigenvalue weighted by atomic mass is 32.1. The van der Waals surface area contributed by atoms with Crippen molar-refractivity contribution in [3.8, 4) is 11.3 Å². The molecule has 2 N–H and O–H groups in total. The number of carbonyl (C=O) groups is 1. The Balaban J connectivity index is 1.69. The average Bonchev–Trinajstić information content (AvgIpc) is 3.16. The van der Waals surface area contributed by atoms with Crippen LogP contribution in [0.15, 0.2) is 42.5 Å². The summed E-state index contributed by atoms with van der Waals surface area (Å²) >= 11 is 1.50. The lowest BCUT2D eigenvalue weighted by Gasteiger charge is -2.18. The summed E-state index contributed by atoms with van der Waals surface area (Å²) in [6, 6.07) is 13.9. The molecule has 0 radical (unpaired) electrons. The lowest BCUT2D eigenvalue weighted by Crippen LogP contribution is -2.29. The van der Waals surface area contributed by atoms with Gasteiger partial charge in [-0.1, -0.05) is 24.3 Å². The van der Waals surface area contributed by atoms with E-state index in [1.807, 2.05) is 55.1 Å². The summed E-state index contributed by atoms with van der Waals surface area (Å²) in [5.74, 6) is 0.0682. The van der Waals surface area contributed by atoms with Gasteiger partial charge in [-0.15, -0.1) is 11.3 Å². The molecular weight excluding hydrogens is 330 g/mol. The molecule has 1 amide bonds. The van der Waals surface area contributed by atoms with Crippen LogP contribution in [0.5, 0.6) is 0 Å². The summed E-state index contributed by atoms with van der Waals surface area (Å²) < 4.78 is 0. The van der Waals surface area contributed by atoms with Crippen LogP contribution in [0.4, 0.5) is 10.8 Å². The Labute approximate surface area is 150 Å². The van der Waals surface area contributed by atoms with Crippen LogP contribution in [0, 0.1) is 13.8 Å². The number of nitrogen functional groups attached to an aromatic ring is 1. The van der Waals surface area contributed by atoms with E-state index in [4.69, 9.17) is 5.73 Å². The molecule has 1 aromatic heterocycles. The number of hydrogen-bond donors (Lipinski definition) is 1. The number of carbonyl (C=O) groups excluding carboxylic acids is 1. The van der Waals surface area contributed by atoms with Crippen molar-refractivity contribution in [3.05, 3.63) is 64.0 Å². The van der Waals surface area contributed by atoms with E-state index >= 15 is 0 Å². The van der Waals surface area contributed by atoms with Gasteiger partial charge < -0.3 is 10.6 Å². The Morgan fingerprint density at radius 3 is 2.72 bits per heavy atom. The van der Waals surface area contributed by atoms with Crippen molar-refractivity contribution < 1.29 is 4.79 Å². The highest BCUT2D eigenvalue weighted by Crippen LogP contribution is 2.35. The van der Waals surface area contributed by atoms with Crippen LogP contribution in [0.25, 0.3) is 11.3 Å². The first-order valence-corrected chi connectivity index (χ1v) is 9.10. The van der Waals surface area contributed by atoms with Crippen LogP contribution < -0.4 is 10.6 Å². The number of benzene rings is 2. The molecule has 0 unspecified atom stereocenters. The number of nitrogens with zero attached hydrogens (tertiary/aromatic N) is 2. The third-order valence-electron chi connectivity index (χ3n) is 4.68. The molecule has 126 valence electrons. The van der Waals surface area contributed by atoms with Gasteiger partial charge in [-0.3, -0.25) is 4.79 Å². The second-order valence-electron chi connectivity index (χ2n) is 6.32. The third kappa shape index (κ3) is 2.70. The highest BCUT2D eigenvalue weighted by Gasteiger charge is 2.27. The summed E-state index contributed by atoms with van der Waals surface area (Å²) in [5, 5.41) is 0.587. The van der Waals surface area contributed by atoms with Crippen molar-refractivity contribution in [2.24, 2.45) is 0 Å². The largest absolute Gasteiger partial charge is 0.375 e. The molecule has 0 fully saturated rings. The third-order valence-corrected chi connectivity index (χ3v) is 5.48. The van der Waals surface area contributed by atoms with E-state index < -0.39 is 0 Å². The SMILES string of the molecule is Cc1ccccc1C(=O)N1CCc2cc(-c3nc(N)sc3C)ccc21. The first-order chi connectivity index (χ1) is 12.0. The Morgan fingerprint density at radius 1 is 1.20 bits per heavy atom. The molecule has 4 rings (SSSR count). The first-order valence-electron chi connectivity index (χ1n) is 8.28. The van der Waals surface area contributed by atoms with Crippen LogP contribution in [0.2, 0.25) is 0 Å². The fraction of sp³-hybridized carbons (Fsp3) is 0.200. The van der Waals surface area contributed by atoms with Crippen molar-refractivity contribution in [1.82, 2.24) is 4.98 Å². The van der Waals surface area contributed by atoms with E-state index in [-0.39, 0.29) is 5.91 Å². The van der Waals surface area contributed by atoms with Crippen molar-refractivity contribution in [2.45, 2.75) is 20.3 Å². The number of hydrogen-bond acceptors (Lipinski definition) is 4. The van der Waals surface area contributed by atoms with Gasteiger partial charge in [-0.05, 0) is 49.6 Å². The van der Waals surface area contributed by atoms with E-state index in [2.05, 4.69) is 11.1 Å². The van der Waals surface area contributed by atoms with Gasteiger partial charge in [0.05, 0.1) is 5.69 Å². The van der Waals surface area contributed by atoms with E-state index in [1.54, 1.807) is 0 Å². The number of rotatable bonds is 2. The summed E-state index contributed by atoms with van der Waals surface area (Å²) in [6.07, 6.45) is 0.861. The quantitative estimate of drug-likeness (QED) is 0.754. The van der Waals surface area contributed by atoms with Crippen LogP contribution in [0.1, 0.15) is 26.4 Å². The molecule has 4 nitrogen and oxygen atoms in total. The van der Waals surface area contributed by atoms with Crippen molar-refractivity contribution in [1.29, 1.82) is 0 Å². The molecule has 1 aliphatic heterocycles. The van der Waals surface area contributed by atoms with Crippen LogP contribution >= 0.6 is 11.3 Å². The molecule has 25 heavy (non-hydrogen) atoms. The molecule has 3 aromatic rings. The molecule has 2 heterocycles. The molecule has 2 aromatic carbocycles. The molecular formula is C20H19N3OS. The molecule has 5 heteroatoms. The van der Waals surface area contributed by atoms with Gasteiger partial charge >= 0.3 is 0 Å². The lowest BCUT2D eigenvalue weighted by molar-refractivity contribution is 0.0989. The van der Waals surface area contributed by atoms with Crippen molar-refractivity contribution in [3.63, 3.8) is 0 Å². The zero-order valence-electron chi connectivity index (χ0n) is 14.2. The molecule has 0 atom stereocenters. The van der Waals surface area contributed by atoms with E-state index in [0.29, 0.717) is 11.7 Å². The number of aromatic nitrogens is 1. The Bertz CT molecular complexity index is 977. The molecule has 0 saturated carbocycles. The Kier molecular flexibility index (Phi) is 3.81. The summed E-state index contributed by atoms with van der Waals surface area (Å²) in [5.41, 5.74) is 11.8. The smallest absolute Gasteiger partial charge is 0.258 e. The minimum atomic E-state index is 0.0682. The van der Waals surface area contributed by atoms with Crippen molar-refractivity contribution >= 4 is 28.1 Å². The molecule has 0 aliphatic carbocycles. The Morgan fingerprint density at radius 2 is 2.00 bits per heavy atom. The predicted molar refractivity (Wildman–Crippen MR) is 103 cm³/mol. The van der Waals surface area contributed by atoms with Crippen LogP contribution in [0.3, 0.4) is 0 Å². The lowest BCUT2D eigenvalue weighted by atomic mass is 10.0. The number of fused-ring (bicyclic) bond motifs is 1. The standard InChI is InChI=1S/C20H19N3OS/c1-12-5-3-4-6-16(12)19(24)23-10-9-14-11-15(7-8-17(14)23)18-13(2)25-20(21)22-18/h3-8,11H,9-10H2,1-2H3,(H2,21,22). The number of nitrogens with two attached hydrogens (primary N) is 1. The molecule has 0 bridgehead atoms. The molecule has 1 aliphatic rings. The van der Waals surface area contributed by atoms with Crippen molar-refractivity contribution in [2.75, 3.05) is 17.2 Å². The van der Waals surface area contributed by atoms with Gasteiger partial charge in [-0.2, -0.15) is 0 Å². The maximum atomic E-state index is 12.9. The van der Waals surface area contributed by atoms with E-state index in [1.165, 1.54) is 16.9 Å². The maximum absolute atomic E-state index is 12.9. The first kappa shape index (κ1) is 15.8. The van der Waals surface area contributed by atoms with Gasteiger partial charge in [0.15, 0.2) is 5.13 Å². The van der Waals surface area contributed by atoms with E-state index in [9.17, 15) is 4.79 Å². The van der Waals surface area contributed by atoms with Crippen LogP contribution in [-0.2, 0) is 6.42 Å². The van der Waals surface area contributed by atoms with Gasteiger partial charge in [-0.25, -0.2) is 4.98 Å². The average molecular weight is 349 g/mol. The normalized spacial score (nSPS) is 13.1. The van der Waals surface area contributed by atoms with Gasteiger partial charge in [0.25, 0.3) is 5.91 Å². The van der Waals surface area contributed by atoms with Gasteiger partial charge in [0, 0.05) is 28.2 Å². The summed E-state index contributed by atoms with van der Waals surface area (Å²) in [4.78, 5) is 20.4. The van der Waals surface area contributed by atoms with Gasteiger partial charge in [0.2, 0.25) is 0 Å². The number of amides is 1. The monoisotopic (exact) mass is 349 g/mol. The molecule has 0 saturated heterocycles. The minimum absolute atomic E-state index is 0.0682. The molecule has 0 spiro atoms. The number of anilines is 2. The fourth-order valence-electron chi connectivity index (χ4n) is 3.40. The summed E-state index contributed by atoms with van der Waals surface area (Å²) in [6.45, 7) is 4.72. The Hall–Kier alpha value is -2.66. The highest BCUT2D eigenvalue weighted by molar-refractivity contribution is 7.15. The number of thiazole rings is 1. The van der Waals surface area contributed by atoms with E-state index in [0.717, 1.165) is 39.4 Å². The fourth-order valence-corrected chi connectivity index (χ4v) is 4.11. The second-order valence-corrected chi connectivity index (χ2v) is 7.56. The zero-order valence-corrected chi connectivity index (χ0v) is 15.1. The minimum Gasteiger partial charge on any atom is -0.375 e. The van der Waals surface area contributed by atoms with Gasteiger partial charge in [0.1, 0.15) is 0 Å². The number of aryl methyl sites for hydroxylation is 2. The summed E-state index contributed by atoms with van der Waals surface area (Å²) in [7, 11) is 0. The maximum Gasteiger partial charge on any atom is 0.258 e. The van der Waals surface area contributed by atoms with Crippen LogP contribution in [-0.4, -0.2) is 17.4 Å². The zero-order chi connectivity index (χ0) is 17.6.